The highest BCUT2D eigenvalue weighted by Crippen LogP contribution is 2.30. The summed E-state index contributed by atoms with van der Waals surface area (Å²) in [6, 6.07) is 21.0. The topological polar surface area (TPSA) is 83.6 Å². The maximum Gasteiger partial charge on any atom is 0.321 e. The van der Waals surface area contributed by atoms with E-state index in [1.54, 1.807) is 0 Å². The van der Waals surface area contributed by atoms with Crippen LogP contribution < -0.4 is 14.8 Å². The summed E-state index contributed by atoms with van der Waals surface area (Å²) in [5.74, 6) is 0.440. The molecule has 0 spiro atoms. The Hall–Kier alpha value is -3.77. The molecule has 1 aromatic heterocycles. The standard InChI is InChI=1S/C28H30N2O4/c1-3-33-27-14-20(12-13-26(27)34-18-21-9-5-4-8-19(21)2)16-29-25(28(31)32)15-22-17-30-24-11-7-6-10-23(22)24/h4-14,17,25,29-30H,3,15-16,18H2,1-2H3,(H,31,32). The van der Waals surface area contributed by atoms with E-state index in [0.29, 0.717) is 37.7 Å². The number of carbonyl (C=O) groups is 1. The molecule has 6 heteroatoms. The number of rotatable bonds is 11. The molecule has 4 aromatic rings. The van der Waals surface area contributed by atoms with E-state index in [1.807, 2.05) is 73.8 Å². The molecule has 3 N–H and O–H groups in total. The van der Waals surface area contributed by atoms with Crippen LogP contribution in [0.1, 0.15) is 29.2 Å². The second kappa shape index (κ2) is 10.9. The minimum Gasteiger partial charge on any atom is -0.490 e. The minimum absolute atomic E-state index is 0.384. The van der Waals surface area contributed by atoms with Crippen molar-refractivity contribution in [1.29, 1.82) is 0 Å². The third-order valence-corrected chi connectivity index (χ3v) is 5.90. The number of benzene rings is 3. The lowest BCUT2D eigenvalue weighted by atomic mass is 10.0. The Morgan fingerprint density at radius 2 is 1.79 bits per heavy atom. The molecule has 0 aliphatic carbocycles. The SMILES string of the molecule is CCOc1cc(CNC(Cc2c[nH]c3ccccc23)C(=O)O)ccc1OCc1ccccc1C. The van der Waals surface area contributed by atoms with E-state index in [-0.39, 0.29) is 0 Å². The fourth-order valence-electron chi connectivity index (χ4n) is 3.99. The number of nitrogens with one attached hydrogen (secondary N) is 2. The molecule has 0 saturated carbocycles. The van der Waals surface area contributed by atoms with Crippen LogP contribution in [-0.2, 0) is 24.4 Å². The zero-order valence-corrected chi connectivity index (χ0v) is 19.5. The molecular weight excluding hydrogens is 428 g/mol. The van der Waals surface area contributed by atoms with Crippen molar-refractivity contribution in [3.8, 4) is 11.5 Å². The predicted octanol–water partition coefficient (Wildman–Crippen LogP) is 5.24. The number of aromatic amines is 1. The zero-order chi connectivity index (χ0) is 23.9. The van der Waals surface area contributed by atoms with E-state index in [0.717, 1.165) is 27.6 Å². The Morgan fingerprint density at radius 3 is 2.59 bits per heavy atom. The molecule has 0 aliphatic heterocycles. The second-order valence-corrected chi connectivity index (χ2v) is 8.26. The third kappa shape index (κ3) is 5.58. The maximum atomic E-state index is 11.9. The van der Waals surface area contributed by atoms with Gasteiger partial charge >= 0.3 is 5.97 Å². The molecule has 0 bridgehead atoms. The third-order valence-electron chi connectivity index (χ3n) is 5.90. The first-order valence-electron chi connectivity index (χ1n) is 11.5. The summed E-state index contributed by atoms with van der Waals surface area (Å²) in [6.07, 6.45) is 2.27. The molecule has 1 atom stereocenters. The summed E-state index contributed by atoms with van der Waals surface area (Å²) in [6.45, 7) is 5.35. The Bertz CT molecular complexity index is 1260. The van der Waals surface area contributed by atoms with Crippen LogP contribution >= 0.6 is 0 Å². The number of fused-ring (bicyclic) bond motifs is 1. The monoisotopic (exact) mass is 458 g/mol. The fraction of sp³-hybridized carbons (Fsp3) is 0.250. The van der Waals surface area contributed by atoms with Crippen LogP contribution in [0, 0.1) is 6.92 Å². The summed E-state index contributed by atoms with van der Waals surface area (Å²) in [5.41, 5.74) is 5.21. The number of carboxylic acid groups (broad SMARTS) is 1. The molecule has 1 heterocycles. The van der Waals surface area contributed by atoms with Gasteiger partial charge < -0.3 is 24.9 Å². The summed E-state index contributed by atoms with van der Waals surface area (Å²) in [4.78, 5) is 15.1. The number of H-pyrrole nitrogens is 1. The maximum absolute atomic E-state index is 11.9. The number of aromatic nitrogens is 1. The van der Waals surface area contributed by atoms with Gasteiger partial charge in [-0.05, 0) is 54.3 Å². The normalized spacial score (nSPS) is 11.9. The van der Waals surface area contributed by atoms with Crippen molar-refractivity contribution in [3.05, 3.63) is 95.2 Å². The van der Waals surface area contributed by atoms with Gasteiger partial charge in [-0.25, -0.2) is 0 Å². The summed E-state index contributed by atoms with van der Waals surface area (Å²) in [5, 5.41) is 14.0. The lowest BCUT2D eigenvalue weighted by molar-refractivity contribution is -0.139. The Kier molecular flexibility index (Phi) is 7.50. The molecule has 176 valence electrons. The number of aryl methyl sites for hydroxylation is 1. The number of hydrogen-bond acceptors (Lipinski definition) is 4. The number of carboxylic acids is 1. The minimum atomic E-state index is -0.881. The quantitative estimate of drug-likeness (QED) is 0.286. The van der Waals surface area contributed by atoms with E-state index in [9.17, 15) is 9.90 Å². The molecule has 3 aromatic carbocycles. The first kappa shape index (κ1) is 23.4. The molecule has 1 unspecified atom stereocenters. The highest BCUT2D eigenvalue weighted by atomic mass is 16.5. The van der Waals surface area contributed by atoms with Gasteiger partial charge in [0.25, 0.3) is 0 Å². The summed E-state index contributed by atoms with van der Waals surface area (Å²) < 4.78 is 11.9. The van der Waals surface area contributed by atoms with Crippen molar-refractivity contribution >= 4 is 16.9 Å². The highest BCUT2D eigenvalue weighted by molar-refractivity contribution is 5.84. The molecular formula is C28H30N2O4. The van der Waals surface area contributed by atoms with Crippen molar-refractivity contribution < 1.29 is 19.4 Å². The van der Waals surface area contributed by atoms with E-state index < -0.39 is 12.0 Å². The van der Waals surface area contributed by atoms with Gasteiger partial charge in [0, 0.05) is 30.1 Å². The van der Waals surface area contributed by atoms with E-state index in [1.165, 1.54) is 5.56 Å². The molecule has 34 heavy (non-hydrogen) atoms. The summed E-state index contributed by atoms with van der Waals surface area (Å²) >= 11 is 0. The second-order valence-electron chi connectivity index (χ2n) is 8.26. The molecule has 0 amide bonds. The summed E-state index contributed by atoms with van der Waals surface area (Å²) in [7, 11) is 0. The van der Waals surface area contributed by atoms with Crippen molar-refractivity contribution in [2.24, 2.45) is 0 Å². The lowest BCUT2D eigenvalue weighted by Gasteiger charge is -2.17. The van der Waals surface area contributed by atoms with Gasteiger partial charge in [0.15, 0.2) is 11.5 Å². The molecule has 0 aliphatic rings. The molecule has 0 radical (unpaired) electrons. The Morgan fingerprint density at radius 1 is 1.00 bits per heavy atom. The van der Waals surface area contributed by atoms with Gasteiger partial charge in [0.2, 0.25) is 0 Å². The molecule has 6 nitrogen and oxygen atoms in total. The average Bonchev–Trinajstić information content (AvgIpc) is 3.25. The smallest absolute Gasteiger partial charge is 0.321 e. The van der Waals surface area contributed by atoms with E-state index >= 15 is 0 Å². The van der Waals surface area contributed by atoms with Crippen LogP contribution in [-0.4, -0.2) is 28.7 Å². The number of ether oxygens (including phenoxy) is 2. The Labute approximate surface area is 199 Å². The number of para-hydroxylation sites is 1. The van der Waals surface area contributed by atoms with Crippen LogP contribution in [0.15, 0.2) is 72.9 Å². The van der Waals surface area contributed by atoms with Gasteiger partial charge in [-0.3, -0.25) is 4.79 Å². The number of hydrogen-bond donors (Lipinski definition) is 3. The first-order valence-corrected chi connectivity index (χ1v) is 11.5. The van der Waals surface area contributed by atoms with Crippen LogP contribution in [0.3, 0.4) is 0 Å². The van der Waals surface area contributed by atoms with Crippen LogP contribution in [0.2, 0.25) is 0 Å². The van der Waals surface area contributed by atoms with E-state index in [2.05, 4.69) is 23.3 Å². The average molecular weight is 459 g/mol. The molecule has 4 rings (SSSR count). The van der Waals surface area contributed by atoms with Crippen molar-refractivity contribution in [2.75, 3.05) is 6.61 Å². The largest absolute Gasteiger partial charge is 0.490 e. The van der Waals surface area contributed by atoms with Crippen molar-refractivity contribution in [2.45, 2.75) is 39.5 Å². The van der Waals surface area contributed by atoms with Crippen molar-refractivity contribution in [3.63, 3.8) is 0 Å². The lowest BCUT2D eigenvalue weighted by Crippen LogP contribution is -2.38. The molecule has 0 saturated heterocycles. The van der Waals surface area contributed by atoms with Gasteiger partial charge in [-0.1, -0.05) is 48.5 Å². The van der Waals surface area contributed by atoms with Crippen LogP contribution in [0.4, 0.5) is 0 Å². The van der Waals surface area contributed by atoms with Crippen LogP contribution in [0.5, 0.6) is 11.5 Å². The van der Waals surface area contributed by atoms with Crippen LogP contribution in [0.25, 0.3) is 10.9 Å². The predicted molar refractivity (Wildman–Crippen MR) is 133 cm³/mol. The fourth-order valence-corrected chi connectivity index (χ4v) is 3.99. The van der Waals surface area contributed by atoms with E-state index in [4.69, 9.17) is 9.47 Å². The zero-order valence-electron chi connectivity index (χ0n) is 19.5. The highest BCUT2D eigenvalue weighted by Gasteiger charge is 2.19. The van der Waals surface area contributed by atoms with Gasteiger partial charge in [0.1, 0.15) is 12.6 Å². The molecule has 0 fully saturated rings. The van der Waals surface area contributed by atoms with Gasteiger partial charge in [0.05, 0.1) is 6.61 Å². The number of aliphatic carboxylic acids is 1. The van der Waals surface area contributed by atoms with Gasteiger partial charge in [-0.15, -0.1) is 0 Å². The van der Waals surface area contributed by atoms with Gasteiger partial charge in [-0.2, -0.15) is 0 Å². The first-order chi connectivity index (χ1) is 16.5. The van der Waals surface area contributed by atoms with Crippen molar-refractivity contribution in [1.82, 2.24) is 10.3 Å². The Balaban J connectivity index is 1.44.